The van der Waals surface area contributed by atoms with Gasteiger partial charge in [0.15, 0.2) is 0 Å². The first-order valence-electron chi connectivity index (χ1n) is 10.2. The van der Waals surface area contributed by atoms with Crippen molar-refractivity contribution in [1.82, 2.24) is 9.88 Å². The average Bonchev–Trinajstić information content (AvgIpc) is 3.22. The van der Waals surface area contributed by atoms with Crippen molar-refractivity contribution < 1.29 is 14.3 Å². The summed E-state index contributed by atoms with van der Waals surface area (Å²) < 4.78 is 5.10. The molecule has 3 rings (SSSR count). The zero-order valence-electron chi connectivity index (χ0n) is 17.8. The maximum absolute atomic E-state index is 12.8. The van der Waals surface area contributed by atoms with Gasteiger partial charge in [-0.2, -0.15) is 0 Å². The topological polar surface area (TPSA) is 71.5 Å². The number of anilines is 1. The molecule has 30 heavy (non-hydrogen) atoms. The number of rotatable bonds is 5. The molecule has 1 aliphatic heterocycles. The van der Waals surface area contributed by atoms with Crippen LogP contribution in [-0.4, -0.2) is 41.6 Å². The summed E-state index contributed by atoms with van der Waals surface area (Å²) in [5.74, 6) is 0.0569. The molecule has 0 aliphatic carbocycles. The minimum absolute atomic E-state index is 0.0715. The summed E-state index contributed by atoms with van der Waals surface area (Å²) in [6.07, 6.45) is 2.88. The lowest BCUT2D eigenvalue weighted by molar-refractivity contribution is 0.102. The summed E-state index contributed by atoms with van der Waals surface area (Å²) in [5, 5.41) is 5.78. The van der Waals surface area contributed by atoms with E-state index in [9.17, 15) is 9.59 Å². The highest BCUT2D eigenvalue weighted by Crippen LogP contribution is 2.32. The van der Waals surface area contributed by atoms with E-state index in [-0.39, 0.29) is 29.9 Å². The minimum atomic E-state index is -0.301. The van der Waals surface area contributed by atoms with Crippen molar-refractivity contribution in [2.75, 3.05) is 25.0 Å². The Bertz CT molecular complexity index is 908. The van der Waals surface area contributed by atoms with Crippen LogP contribution in [0.4, 0.5) is 10.5 Å². The summed E-state index contributed by atoms with van der Waals surface area (Å²) in [5.41, 5.74) is 2.27. The predicted molar refractivity (Wildman–Crippen MR) is 120 cm³/mol. The Morgan fingerprint density at radius 3 is 2.67 bits per heavy atom. The van der Waals surface area contributed by atoms with Crippen molar-refractivity contribution in [1.29, 1.82) is 0 Å². The fourth-order valence-electron chi connectivity index (χ4n) is 3.54. The Morgan fingerprint density at radius 1 is 1.30 bits per heavy atom. The maximum Gasteiger partial charge on any atom is 0.410 e. The summed E-state index contributed by atoms with van der Waals surface area (Å²) >= 11 is 1.51. The molecule has 160 valence electrons. The predicted octanol–water partition coefficient (Wildman–Crippen LogP) is 5.19. The molecule has 1 aliphatic rings. The van der Waals surface area contributed by atoms with E-state index in [2.05, 4.69) is 37.7 Å². The number of hydrogen-bond donors (Lipinski definition) is 1. The van der Waals surface area contributed by atoms with Gasteiger partial charge in [-0.25, -0.2) is 9.78 Å². The van der Waals surface area contributed by atoms with Gasteiger partial charge in [-0.3, -0.25) is 4.79 Å². The second-order valence-electron chi connectivity index (χ2n) is 8.45. The standard InChI is InChI=1S/C23H29N3O3S/c1-5-14-29-22(28)26-12-10-16(11-13-26)21-25-19(15-30-21)20(27)24-18-9-7-6-8-17(18)23(2,3)4/h5-9,15-16H,1,10-14H2,2-4H3,(H,24,27). The van der Waals surface area contributed by atoms with Crippen LogP contribution in [0.1, 0.15) is 60.6 Å². The second-order valence-corrected chi connectivity index (χ2v) is 9.34. The highest BCUT2D eigenvalue weighted by atomic mass is 32.1. The van der Waals surface area contributed by atoms with Crippen molar-refractivity contribution in [3.63, 3.8) is 0 Å². The number of nitrogens with one attached hydrogen (secondary N) is 1. The normalized spacial score (nSPS) is 15.0. The Morgan fingerprint density at radius 2 is 2.00 bits per heavy atom. The van der Waals surface area contributed by atoms with Gasteiger partial charge in [0.1, 0.15) is 12.3 Å². The zero-order valence-corrected chi connectivity index (χ0v) is 18.6. The van der Waals surface area contributed by atoms with Crippen LogP contribution in [0, 0.1) is 0 Å². The van der Waals surface area contributed by atoms with Crippen LogP contribution in [0.15, 0.2) is 42.3 Å². The van der Waals surface area contributed by atoms with Crippen molar-refractivity contribution in [3.05, 3.63) is 58.6 Å². The van der Waals surface area contributed by atoms with Crippen LogP contribution in [0.2, 0.25) is 0 Å². The molecule has 0 spiro atoms. The highest BCUT2D eigenvalue weighted by Gasteiger charge is 2.27. The number of aromatic nitrogens is 1. The summed E-state index contributed by atoms with van der Waals surface area (Å²) in [7, 11) is 0. The molecule has 1 N–H and O–H groups in total. The third-order valence-corrected chi connectivity index (χ3v) is 6.17. The van der Waals surface area contributed by atoms with Crippen molar-refractivity contribution in [3.8, 4) is 0 Å². The zero-order chi connectivity index (χ0) is 21.7. The molecule has 0 saturated carbocycles. The summed E-state index contributed by atoms with van der Waals surface area (Å²) in [4.78, 5) is 31.1. The summed E-state index contributed by atoms with van der Waals surface area (Å²) in [6, 6.07) is 7.87. The Hall–Kier alpha value is -2.67. The van der Waals surface area contributed by atoms with Gasteiger partial charge in [-0.15, -0.1) is 11.3 Å². The third kappa shape index (κ3) is 5.27. The number of thiazole rings is 1. The first-order chi connectivity index (χ1) is 14.3. The van der Waals surface area contributed by atoms with E-state index < -0.39 is 0 Å². The molecule has 2 aromatic rings. The molecule has 6 nitrogen and oxygen atoms in total. The lowest BCUT2D eigenvalue weighted by Crippen LogP contribution is -2.38. The van der Waals surface area contributed by atoms with Gasteiger partial charge >= 0.3 is 6.09 Å². The number of amides is 2. The van der Waals surface area contributed by atoms with Gasteiger partial charge in [-0.1, -0.05) is 51.6 Å². The molecule has 0 radical (unpaired) electrons. The molecule has 2 amide bonds. The minimum Gasteiger partial charge on any atom is -0.445 e. The second kappa shape index (κ2) is 9.43. The van der Waals surface area contributed by atoms with E-state index >= 15 is 0 Å². The number of carbonyl (C=O) groups is 2. The van der Waals surface area contributed by atoms with Crippen molar-refractivity contribution in [2.45, 2.75) is 44.9 Å². The summed E-state index contributed by atoms with van der Waals surface area (Å²) in [6.45, 7) is 11.4. The monoisotopic (exact) mass is 427 g/mol. The molecule has 1 saturated heterocycles. The number of carbonyl (C=O) groups excluding carboxylic acids is 2. The highest BCUT2D eigenvalue weighted by molar-refractivity contribution is 7.10. The van der Waals surface area contributed by atoms with E-state index in [1.165, 1.54) is 11.3 Å². The number of hydrogen-bond acceptors (Lipinski definition) is 5. The van der Waals surface area contributed by atoms with Gasteiger partial charge in [0.05, 0.1) is 5.01 Å². The molecule has 1 aromatic heterocycles. The number of benzene rings is 1. The van der Waals surface area contributed by atoms with Crippen LogP contribution in [0.25, 0.3) is 0 Å². The molecule has 7 heteroatoms. The van der Waals surface area contributed by atoms with Gasteiger partial charge in [0, 0.05) is 30.1 Å². The Kier molecular flexibility index (Phi) is 6.92. The molecular formula is C23H29N3O3S. The van der Waals surface area contributed by atoms with Gasteiger partial charge < -0.3 is 15.0 Å². The first kappa shape index (κ1) is 22.0. The van der Waals surface area contributed by atoms with E-state index in [0.29, 0.717) is 18.8 Å². The average molecular weight is 428 g/mol. The molecule has 1 fully saturated rings. The van der Waals surface area contributed by atoms with Gasteiger partial charge in [0.25, 0.3) is 5.91 Å². The van der Waals surface area contributed by atoms with E-state index in [0.717, 1.165) is 29.1 Å². The van der Waals surface area contributed by atoms with E-state index in [1.54, 1.807) is 11.0 Å². The first-order valence-corrected chi connectivity index (χ1v) is 11.1. The third-order valence-electron chi connectivity index (χ3n) is 5.16. The molecule has 2 heterocycles. The Labute approximate surface area is 182 Å². The van der Waals surface area contributed by atoms with E-state index in [4.69, 9.17) is 4.74 Å². The van der Waals surface area contributed by atoms with Crippen molar-refractivity contribution in [2.24, 2.45) is 0 Å². The SMILES string of the molecule is C=CCOC(=O)N1CCC(c2nc(C(=O)Nc3ccccc3C(C)(C)C)cs2)CC1. The van der Waals surface area contributed by atoms with Gasteiger partial charge in [0.2, 0.25) is 0 Å². The fourth-order valence-corrected chi connectivity index (χ4v) is 4.51. The molecule has 1 aromatic carbocycles. The molecule has 0 unspecified atom stereocenters. The number of piperidine rings is 1. The van der Waals surface area contributed by atoms with Crippen LogP contribution >= 0.6 is 11.3 Å². The largest absolute Gasteiger partial charge is 0.445 e. The number of nitrogens with zero attached hydrogens (tertiary/aromatic N) is 2. The number of para-hydroxylation sites is 1. The number of ether oxygens (including phenoxy) is 1. The van der Waals surface area contributed by atoms with Crippen LogP contribution in [-0.2, 0) is 10.2 Å². The van der Waals surface area contributed by atoms with Crippen LogP contribution in [0.3, 0.4) is 0 Å². The Balaban J connectivity index is 1.61. The lowest BCUT2D eigenvalue weighted by Gasteiger charge is -2.30. The lowest BCUT2D eigenvalue weighted by atomic mass is 9.86. The molecule has 0 bridgehead atoms. The maximum atomic E-state index is 12.8. The number of likely N-dealkylation sites (tertiary alicyclic amines) is 1. The smallest absolute Gasteiger partial charge is 0.410 e. The van der Waals surface area contributed by atoms with Crippen molar-refractivity contribution >= 4 is 29.0 Å². The van der Waals surface area contributed by atoms with Gasteiger partial charge in [-0.05, 0) is 29.9 Å². The quantitative estimate of drug-likeness (QED) is 0.666. The molecular weight excluding hydrogens is 398 g/mol. The van der Waals surface area contributed by atoms with Crippen LogP contribution < -0.4 is 5.32 Å². The molecule has 0 atom stereocenters. The van der Waals surface area contributed by atoms with E-state index in [1.807, 2.05) is 29.6 Å². The fraction of sp³-hybridized carbons (Fsp3) is 0.435. The van der Waals surface area contributed by atoms with Crippen LogP contribution in [0.5, 0.6) is 0 Å².